The number of methoxy groups -OCH3 is 1. The molecule has 2 N–H and O–H groups in total. The maximum atomic E-state index is 12.3. The molecule has 1 fully saturated rings. The van der Waals surface area contributed by atoms with Crippen LogP contribution in [-0.4, -0.2) is 38.4 Å². The van der Waals surface area contributed by atoms with E-state index in [0.29, 0.717) is 13.0 Å². The van der Waals surface area contributed by atoms with E-state index >= 15 is 0 Å². The number of hydrogen-bond acceptors (Lipinski definition) is 5. The highest BCUT2D eigenvalue weighted by Gasteiger charge is 2.43. The molecule has 1 saturated heterocycles. The maximum Gasteiger partial charge on any atom is 0.324 e. The highest BCUT2D eigenvalue weighted by atomic mass is 32.2. The molecule has 0 saturated carbocycles. The summed E-state index contributed by atoms with van der Waals surface area (Å²) in [5.41, 5.74) is 5.83. The standard InChI is InChI=1S/C11H14N2O4S/c1-17-11(14)9-6-7-13(9)18(15,16)10-5-3-2-4-8(10)12/h2-5,9H,6-7,12H2,1H3. The first-order valence-electron chi connectivity index (χ1n) is 5.42. The number of para-hydroxylation sites is 1. The van der Waals surface area contributed by atoms with Gasteiger partial charge in [-0.2, -0.15) is 4.31 Å². The molecule has 98 valence electrons. The molecular formula is C11H14N2O4S. The van der Waals surface area contributed by atoms with Crippen LogP contribution in [0.5, 0.6) is 0 Å². The topological polar surface area (TPSA) is 89.7 Å². The number of ether oxygens (including phenoxy) is 1. The Bertz CT molecular complexity index is 570. The van der Waals surface area contributed by atoms with Crippen molar-refractivity contribution in [1.29, 1.82) is 0 Å². The summed E-state index contributed by atoms with van der Waals surface area (Å²) in [6.45, 7) is 0.302. The van der Waals surface area contributed by atoms with Crippen molar-refractivity contribution >= 4 is 21.7 Å². The van der Waals surface area contributed by atoms with E-state index in [4.69, 9.17) is 5.73 Å². The van der Waals surface area contributed by atoms with Crippen LogP contribution in [0.1, 0.15) is 6.42 Å². The van der Waals surface area contributed by atoms with Gasteiger partial charge >= 0.3 is 5.97 Å². The van der Waals surface area contributed by atoms with E-state index < -0.39 is 22.0 Å². The number of nitrogens with zero attached hydrogens (tertiary/aromatic N) is 1. The Balaban J connectivity index is 2.33. The quantitative estimate of drug-likeness (QED) is 0.626. The summed E-state index contributed by atoms with van der Waals surface area (Å²) in [5.74, 6) is -0.542. The van der Waals surface area contributed by atoms with Crippen LogP contribution < -0.4 is 5.73 Å². The van der Waals surface area contributed by atoms with Gasteiger partial charge < -0.3 is 10.5 Å². The summed E-state index contributed by atoms with van der Waals surface area (Å²) in [4.78, 5) is 11.4. The van der Waals surface area contributed by atoms with Gasteiger partial charge in [0.2, 0.25) is 10.0 Å². The van der Waals surface area contributed by atoms with Crippen LogP contribution >= 0.6 is 0 Å². The molecule has 0 amide bonds. The van der Waals surface area contributed by atoms with Crippen molar-refractivity contribution in [2.45, 2.75) is 17.4 Å². The third-order valence-corrected chi connectivity index (χ3v) is 4.93. The lowest BCUT2D eigenvalue weighted by atomic mass is 10.1. The molecule has 0 aromatic heterocycles. The molecule has 7 heteroatoms. The van der Waals surface area contributed by atoms with Crippen LogP contribution in [0, 0.1) is 0 Å². The number of nitrogens with two attached hydrogens (primary N) is 1. The largest absolute Gasteiger partial charge is 0.468 e. The molecule has 1 atom stereocenters. The average molecular weight is 270 g/mol. The van der Waals surface area contributed by atoms with Gasteiger partial charge in [0.15, 0.2) is 0 Å². The first-order chi connectivity index (χ1) is 8.48. The third-order valence-electron chi connectivity index (χ3n) is 2.95. The van der Waals surface area contributed by atoms with Gasteiger partial charge in [-0.15, -0.1) is 0 Å². The van der Waals surface area contributed by atoms with Gasteiger partial charge in [-0.05, 0) is 18.6 Å². The fourth-order valence-corrected chi connectivity index (χ4v) is 3.61. The summed E-state index contributed by atoms with van der Waals surface area (Å²) in [5, 5.41) is 0. The van der Waals surface area contributed by atoms with Crippen molar-refractivity contribution in [3.8, 4) is 0 Å². The van der Waals surface area contributed by atoms with Crippen molar-refractivity contribution in [2.24, 2.45) is 0 Å². The fraction of sp³-hybridized carbons (Fsp3) is 0.364. The molecule has 1 aromatic carbocycles. The fourth-order valence-electron chi connectivity index (χ4n) is 1.86. The zero-order valence-electron chi connectivity index (χ0n) is 9.87. The van der Waals surface area contributed by atoms with Crippen LogP contribution in [0.25, 0.3) is 0 Å². The first kappa shape index (κ1) is 12.8. The summed E-state index contributed by atoms with van der Waals surface area (Å²) in [7, 11) is -2.49. The molecule has 6 nitrogen and oxygen atoms in total. The minimum absolute atomic E-state index is 0.0265. The Morgan fingerprint density at radius 3 is 2.61 bits per heavy atom. The Labute approximate surface area is 105 Å². The van der Waals surface area contributed by atoms with Crippen molar-refractivity contribution in [3.63, 3.8) is 0 Å². The number of sulfonamides is 1. The summed E-state index contributed by atoms with van der Waals surface area (Å²) < 4.78 is 30.3. The molecule has 0 radical (unpaired) electrons. The van der Waals surface area contributed by atoms with E-state index in [2.05, 4.69) is 4.74 Å². The molecule has 0 spiro atoms. The van der Waals surface area contributed by atoms with E-state index in [9.17, 15) is 13.2 Å². The van der Waals surface area contributed by atoms with E-state index in [1.165, 1.54) is 19.2 Å². The molecule has 1 aliphatic rings. The van der Waals surface area contributed by atoms with Crippen LogP contribution in [0.15, 0.2) is 29.2 Å². The number of hydrogen-bond donors (Lipinski definition) is 1. The lowest BCUT2D eigenvalue weighted by molar-refractivity contribution is -0.148. The predicted octanol–water partition coefficient (Wildman–Crippen LogP) is 0.205. The Hall–Kier alpha value is -1.60. The van der Waals surface area contributed by atoms with Crippen molar-refractivity contribution in [3.05, 3.63) is 24.3 Å². The minimum Gasteiger partial charge on any atom is -0.468 e. The molecule has 2 rings (SSSR count). The van der Waals surface area contributed by atoms with Gasteiger partial charge in [0.25, 0.3) is 0 Å². The molecule has 1 unspecified atom stereocenters. The number of carbonyl (C=O) groups is 1. The molecule has 0 bridgehead atoms. The average Bonchev–Trinajstić information content (AvgIpc) is 2.27. The monoisotopic (exact) mass is 270 g/mol. The third kappa shape index (κ3) is 1.95. The van der Waals surface area contributed by atoms with Crippen molar-refractivity contribution in [1.82, 2.24) is 4.31 Å². The van der Waals surface area contributed by atoms with Crippen LogP contribution in [0.2, 0.25) is 0 Å². The zero-order chi connectivity index (χ0) is 13.3. The van der Waals surface area contributed by atoms with Crippen LogP contribution in [0.3, 0.4) is 0 Å². The molecule has 1 aromatic rings. The van der Waals surface area contributed by atoms with Crippen LogP contribution in [0.4, 0.5) is 5.69 Å². The number of rotatable bonds is 3. The minimum atomic E-state index is -3.73. The first-order valence-corrected chi connectivity index (χ1v) is 6.86. The molecule has 1 heterocycles. The normalized spacial score (nSPS) is 20.2. The number of esters is 1. The van der Waals surface area contributed by atoms with E-state index in [1.807, 2.05) is 0 Å². The smallest absolute Gasteiger partial charge is 0.324 e. The second-order valence-electron chi connectivity index (χ2n) is 3.98. The van der Waals surface area contributed by atoms with Gasteiger partial charge in [-0.1, -0.05) is 12.1 Å². The van der Waals surface area contributed by atoms with E-state index in [-0.39, 0.29) is 10.6 Å². The molecule has 1 aliphatic heterocycles. The van der Waals surface area contributed by atoms with Crippen molar-refractivity contribution in [2.75, 3.05) is 19.4 Å². The van der Waals surface area contributed by atoms with Gasteiger partial charge in [0.05, 0.1) is 12.8 Å². The molecule has 18 heavy (non-hydrogen) atoms. The highest BCUT2D eigenvalue weighted by Crippen LogP contribution is 2.30. The van der Waals surface area contributed by atoms with Gasteiger partial charge in [0, 0.05) is 6.54 Å². The molecule has 0 aliphatic carbocycles. The maximum absolute atomic E-state index is 12.3. The summed E-state index contributed by atoms with van der Waals surface area (Å²) >= 11 is 0. The number of benzene rings is 1. The SMILES string of the molecule is COC(=O)C1CCN1S(=O)(=O)c1ccccc1N. The predicted molar refractivity (Wildman–Crippen MR) is 65.2 cm³/mol. The number of nitrogen functional groups attached to an aromatic ring is 1. The Morgan fingerprint density at radius 1 is 1.44 bits per heavy atom. The summed E-state index contributed by atoms with van der Waals surface area (Å²) in [6, 6.07) is 5.45. The van der Waals surface area contributed by atoms with Gasteiger partial charge in [-0.25, -0.2) is 8.42 Å². The Morgan fingerprint density at radius 2 is 2.11 bits per heavy atom. The van der Waals surface area contributed by atoms with E-state index in [1.54, 1.807) is 12.1 Å². The lowest BCUT2D eigenvalue weighted by Crippen LogP contribution is -2.55. The summed E-state index contributed by atoms with van der Waals surface area (Å²) in [6.07, 6.45) is 0.471. The number of carbonyl (C=O) groups excluding carboxylic acids is 1. The van der Waals surface area contributed by atoms with Crippen LogP contribution in [-0.2, 0) is 19.6 Å². The highest BCUT2D eigenvalue weighted by molar-refractivity contribution is 7.89. The zero-order valence-corrected chi connectivity index (χ0v) is 10.7. The van der Waals surface area contributed by atoms with Gasteiger partial charge in [0.1, 0.15) is 10.9 Å². The Kier molecular flexibility index (Phi) is 3.27. The van der Waals surface area contributed by atoms with E-state index in [0.717, 1.165) is 4.31 Å². The second kappa shape index (κ2) is 4.58. The van der Waals surface area contributed by atoms with Gasteiger partial charge in [-0.3, -0.25) is 4.79 Å². The lowest BCUT2D eigenvalue weighted by Gasteiger charge is -2.37. The molecular weight excluding hydrogens is 256 g/mol. The number of anilines is 1. The second-order valence-corrected chi connectivity index (χ2v) is 5.84. The van der Waals surface area contributed by atoms with Crippen molar-refractivity contribution < 1.29 is 17.9 Å².